The maximum atomic E-state index is 12.1. The largest absolute Gasteiger partial charge is 0.322 e. The van der Waals surface area contributed by atoms with E-state index in [-0.39, 0.29) is 5.78 Å². The van der Waals surface area contributed by atoms with Gasteiger partial charge in [-0.15, -0.1) is 11.3 Å². The normalized spacial score (nSPS) is 11.3. The molecule has 4 heteroatoms. The summed E-state index contributed by atoms with van der Waals surface area (Å²) in [6.45, 7) is 8.10. The maximum Gasteiger partial charge on any atom is 0.171 e. The summed E-state index contributed by atoms with van der Waals surface area (Å²) >= 11 is 1.51. The number of pyridine rings is 1. The lowest BCUT2D eigenvalue weighted by atomic mass is 9.99. The zero-order valence-corrected chi connectivity index (χ0v) is 14.3. The van der Waals surface area contributed by atoms with E-state index in [1.165, 1.54) is 22.5 Å². The van der Waals surface area contributed by atoms with E-state index in [2.05, 4.69) is 20.8 Å². The maximum absolute atomic E-state index is 12.1. The zero-order valence-electron chi connectivity index (χ0n) is 13.4. The average molecular weight is 312 g/mol. The predicted molar refractivity (Wildman–Crippen MR) is 92.4 cm³/mol. The molecule has 0 spiro atoms. The van der Waals surface area contributed by atoms with Crippen molar-refractivity contribution in [2.75, 3.05) is 0 Å². The first kappa shape index (κ1) is 15.0. The standard InChI is InChI=1S/C18H20N2OS/c1-5-13-11(3)15-16(20-9-7-8-10-20)17(12(4)21)22-18(15)19-14(13)6-2/h7-10H,5-6H2,1-4H3. The Balaban J connectivity index is 2.46. The van der Waals surface area contributed by atoms with Crippen LogP contribution in [0.1, 0.15) is 47.3 Å². The van der Waals surface area contributed by atoms with Crippen molar-refractivity contribution in [3.63, 3.8) is 0 Å². The van der Waals surface area contributed by atoms with E-state index in [9.17, 15) is 4.79 Å². The SMILES string of the molecule is CCc1nc2sc(C(C)=O)c(-n3cccc3)c2c(C)c1CC. The Labute approximate surface area is 134 Å². The number of thiophene rings is 1. The highest BCUT2D eigenvalue weighted by Gasteiger charge is 2.21. The van der Waals surface area contributed by atoms with Gasteiger partial charge in [0.25, 0.3) is 0 Å². The molecule has 114 valence electrons. The van der Waals surface area contributed by atoms with E-state index in [4.69, 9.17) is 4.98 Å². The predicted octanol–water partition coefficient (Wildman–Crippen LogP) is 4.72. The van der Waals surface area contributed by atoms with Crippen molar-refractivity contribution < 1.29 is 4.79 Å². The Bertz CT molecular complexity index is 844. The lowest BCUT2D eigenvalue weighted by molar-refractivity contribution is 0.102. The van der Waals surface area contributed by atoms with Gasteiger partial charge in [0.1, 0.15) is 4.83 Å². The van der Waals surface area contributed by atoms with Crippen molar-refractivity contribution in [2.24, 2.45) is 0 Å². The highest BCUT2D eigenvalue weighted by atomic mass is 32.1. The number of nitrogens with zero attached hydrogens (tertiary/aromatic N) is 2. The molecule has 0 saturated carbocycles. The van der Waals surface area contributed by atoms with E-state index < -0.39 is 0 Å². The van der Waals surface area contributed by atoms with Gasteiger partial charge in [-0.25, -0.2) is 4.98 Å². The highest BCUT2D eigenvalue weighted by molar-refractivity contribution is 7.21. The van der Waals surface area contributed by atoms with E-state index in [0.717, 1.165) is 39.3 Å². The molecule has 3 heterocycles. The number of hydrogen-bond acceptors (Lipinski definition) is 3. The fourth-order valence-corrected chi connectivity index (χ4v) is 4.26. The van der Waals surface area contributed by atoms with Gasteiger partial charge in [-0.3, -0.25) is 4.79 Å². The van der Waals surface area contributed by atoms with Crippen molar-refractivity contribution in [3.05, 3.63) is 46.2 Å². The monoisotopic (exact) mass is 312 g/mol. The van der Waals surface area contributed by atoms with Crippen molar-refractivity contribution in [1.82, 2.24) is 9.55 Å². The molecular formula is C18H20N2OS. The van der Waals surface area contributed by atoms with Gasteiger partial charge in [-0.2, -0.15) is 0 Å². The van der Waals surface area contributed by atoms with Crippen molar-refractivity contribution in [3.8, 4) is 5.69 Å². The van der Waals surface area contributed by atoms with Crippen molar-refractivity contribution in [1.29, 1.82) is 0 Å². The number of aromatic nitrogens is 2. The van der Waals surface area contributed by atoms with Crippen LogP contribution in [0.25, 0.3) is 15.9 Å². The molecule has 0 aliphatic rings. The summed E-state index contributed by atoms with van der Waals surface area (Å²) in [6.07, 6.45) is 5.87. The smallest absolute Gasteiger partial charge is 0.171 e. The van der Waals surface area contributed by atoms with Gasteiger partial charge >= 0.3 is 0 Å². The van der Waals surface area contributed by atoms with Crippen molar-refractivity contribution in [2.45, 2.75) is 40.5 Å². The lowest BCUT2D eigenvalue weighted by Crippen LogP contribution is -2.02. The summed E-state index contributed by atoms with van der Waals surface area (Å²) in [5, 5.41) is 1.13. The minimum atomic E-state index is 0.0993. The number of carbonyl (C=O) groups is 1. The number of aryl methyl sites for hydroxylation is 2. The quantitative estimate of drug-likeness (QED) is 0.653. The number of ketones is 1. The average Bonchev–Trinajstić information content (AvgIpc) is 3.13. The van der Waals surface area contributed by atoms with Crippen LogP contribution in [0.5, 0.6) is 0 Å². The molecule has 0 radical (unpaired) electrons. The molecule has 3 rings (SSSR count). The van der Waals surface area contributed by atoms with Crippen LogP contribution in [0.4, 0.5) is 0 Å². The first-order valence-corrected chi connectivity index (χ1v) is 8.49. The molecule has 0 aliphatic carbocycles. The van der Waals surface area contributed by atoms with Gasteiger partial charge in [-0.05, 0) is 43.0 Å². The highest BCUT2D eigenvalue weighted by Crippen LogP contribution is 2.37. The molecule has 0 aliphatic heterocycles. The Morgan fingerprint density at radius 2 is 1.91 bits per heavy atom. The van der Waals surface area contributed by atoms with Gasteiger partial charge in [0.2, 0.25) is 0 Å². The van der Waals surface area contributed by atoms with Crippen LogP contribution >= 0.6 is 11.3 Å². The summed E-state index contributed by atoms with van der Waals surface area (Å²) in [4.78, 5) is 18.7. The topological polar surface area (TPSA) is 34.9 Å². The molecule has 0 aromatic carbocycles. The molecule has 0 N–H and O–H groups in total. The van der Waals surface area contributed by atoms with Gasteiger partial charge in [0, 0.05) is 30.4 Å². The summed E-state index contributed by atoms with van der Waals surface area (Å²) in [5.41, 5.74) is 4.72. The number of hydrogen-bond donors (Lipinski definition) is 0. The molecule has 22 heavy (non-hydrogen) atoms. The Morgan fingerprint density at radius 3 is 2.45 bits per heavy atom. The molecule has 0 fully saturated rings. The van der Waals surface area contributed by atoms with E-state index in [1.807, 2.05) is 29.1 Å². The van der Waals surface area contributed by atoms with Gasteiger partial charge in [-0.1, -0.05) is 13.8 Å². The fourth-order valence-electron chi connectivity index (χ4n) is 3.12. The Hall–Kier alpha value is -1.94. The summed E-state index contributed by atoms with van der Waals surface area (Å²) in [5.74, 6) is 0.0993. The van der Waals surface area contributed by atoms with Crippen LogP contribution in [0.2, 0.25) is 0 Å². The fraction of sp³-hybridized carbons (Fsp3) is 0.333. The van der Waals surface area contributed by atoms with Gasteiger partial charge < -0.3 is 4.57 Å². The minimum absolute atomic E-state index is 0.0993. The number of carbonyl (C=O) groups excluding carboxylic acids is 1. The Kier molecular flexibility index (Phi) is 3.87. The molecule has 0 saturated heterocycles. The van der Waals surface area contributed by atoms with Crippen LogP contribution in [0.15, 0.2) is 24.5 Å². The third kappa shape index (κ3) is 2.18. The zero-order chi connectivity index (χ0) is 15.9. The molecule has 0 unspecified atom stereocenters. The van der Waals surface area contributed by atoms with Crippen LogP contribution in [0.3, 0.4) is 0 Å². The molecule has 0 bridgehead atoms. The number of Topliss-reactive ketones (excluding diaryl/α,β-unsaturated/α-hetero) is 1. The molecule has 3 aromatic rings. The van der Waals surface area contributed by atoms with Crippen LogP contribution in [0, 0.1) is 6.92 Å². The minimum Gasteiger partial charge on any atom is -0.322 e. The van der Waals surface area contributed by atoms with Crippen LogP contribution < -0.4 is 0 Å². The second kappa shape index (κ2) is 5.69. The van der Waals surface area contributed by atoms with Crippen molar-refractivity contribution >= 4 is 27.3 Å². The lowest BCUT2D eigenvalue weighted by Gasteiger charge is -2.12. The van der Waals surface area contributed by atoms with E-state index >= 15 is 0 Å². The summed E-state index contributed by atoms with van der Waals surface area (Å²) in [6, 6.07) is 3.97. The Morgan fingerprint density at radius 1 is 1.23 bits per heavy atom. The van der Waals surface area contributed by atoms with Gasteiger partial charge in [0.05, 0.1) is 10.6 Å². The van der Waals surface area contributed by atoms with E-state index in [1.54, 1.807) is 6.92 Å². The molecule has 0 atom stereocenters. The summed E-state index contributed by atoms with van der Waals surface area (Å²) < 4.78 is 2.04. The third-order valence-electron chi connectivity index (χ3n) is 4.15. The molecule has 0 amide bonds. The third-order valence-corrected chi connectivity index (χ3v) is 5.32. The summed E-state index contributed by atoms with van der Waals surface area (Å²) in [7, 11) is 0. The second-order valence-electron chi connectivity index (χ2n) is 5.48. The first-order valence-electron chi connectivity index (χ1n) is 7.67. The van der Waals surface area contributed by atoms with Crippen LogP contribution in [-0.2, 0) is 12.8 Å². The number of fused-ring (bicyclic) bond motifs is 1. The van der Waals surface area contributed by atoms with Gasteiger partial charge in [0.15, 0.2) is 5.78 Å². The van der Waals surface area contributed by atoms with Crippen LogP contribution in [-0.4, -0.2) is 15.3 Å². The second-order valence-corrected chi connectivity index (χ2v) is 6.47. The molecule has 3 aromatic heterocycles. The number of rotatable bonds is 4. The molecule has 3 nitrogen and oxygen atoms in total. The molecular weight excluding hydrogens is 292 g/mol. The first-order chi connectivity index (χ1) is 10.6. The van der Waals surface area contributed by atoms with E-state index in [0.29, 0.717) is 0 Å².